The third-order valence-electron chi connectivity index (χ3n) is 1.16. The lowest BCUT2D eigenvalue weighted by atomic mass is 10.4. The van der Waals surface area contributed by atoms with E-state index < -0.39 is 12.0 Å². The number of aliphatic carboxylic acids is 1. The van der Waals surface area contributed by atoms with Crippen LogP contribution in [0.4, 0.5) is 0 Å². The molecule has 1 atom stereocenters. The molecule has 0 aromatic heterocycles. The molecule has 0 aliphatic heterocycles. The van der Waals surface area contributed by atoms with E-state index in [0.29, 0.717) is 0 Å². The molecule has 0 aliphatic carbocycles. The molecule has 0 aromatic carbocycles. The van der Waals surface area contributed by atoms with Gasteiger partial charge in [-0.2, -0.15) is 0 Å². The number of carboxylic acid groups (broad SMARTS) is 1. The lowest BCUT2D eigenvalue weighted by Gasteiger charge is -2.21. The second-order valence-corrected chi connectivity index (χ2v) is 3.86. The standard InChI is InChI=1S/C5H14NO.C3H7NO2/c1-6(2,3)4-5-7;1-2(4)3(5)6/h7H,4-5H2,1-3H3;2H,4H2,1H3,(H,5,6)/q+1;. The van der Waals surface area contributed by atoms with Gasteiger partial charge >= 0.3 is 5.97 Å². The van der Waals surface area contributed by atoms with Crippen LogP contribution in [0.1, 0.15) is 6.92 Å². The van der Waals surface area contributed by atoms with E-state index in [1.54, 1.807) is 0 Å². The van der Waals surface area contributed by atoms with Crippen LogP contribution in [0.2, 0.25) is 0 Å². The highest BCUT2D eigenvalue weighted by molar-refractivity contribution is 5.72. The Labute approximate surface area is 79.4 Å². The van der Waals surface area contributed by atoms with Gasteiger partial charge in [0.1, 0.15) is 12.6 Å². The Balaban J connectivity index is 0. The quantitative estimate of drug-likeness (QED) is 0.507. The van der Waals surface area contributed by atoms with Crippen LogP contribution in [0.5, 0.6) is 0 Å². The summed E-state index contributed by atoms with van der Waals surface area (Å²) < 4.78 is 0.844. The zero-order valence-electron chi connectivity index (χ0n) is 8.82. The molecule has 0 aromatic rings. The lowest BCUT2D eigenvalue weighted by Crippen LogP contribution is -2.36. The van der Waals surface area contributed by atoms with E-state index in [1.165, 1.54) is 6.92 Å². The zero-order chi connectivity index (χ0) is 11.1. The Kier molecular flexibility index (Phi) is 7.79. The van der Waals surface area contributed by atoms with Gasteiger partial charge in [0.15, 0.2) is 0 Å². The monoisotopic (exact) mass is 193 g/mol. The summed E-state index contributed by atoms with van der Waals surface area (Å²) >= 11 is 0. The first-order valence-electron chi connectivity index (χ1n) is 4.10. The van der Waals surface area contributed by atoms with Gasteiger partial charge in [0.25, 0.3) is 0 Å². The van der Waals surface area contributed by atoms with Crippen molar-refractivity contribution in [3.8, 4) is 0 Å². The first-order valence-corrected chi connectivity index (χ1v) is 4.10. The maximum atomic E-state index is 9.57. The Morgan fingerprint density at radius 3 is 1.77 bits per heavy atom. The summed E-state index contributed by atoms with van der Waals surface area (Å²) in [7, 11) is 6.16. The van der Waals surface area contributed by atoms with Crippen LogP contribution < -0.4 is 5.73 Å². The predicted molar refractivity (Wildman–Crippen MR) is 51.3 cm³/mol. The molecular weight excluding hydrogens is 172 g/mol. The van der Waals surface area contributed by atoms with Crippen LogP contribution in [0.3, 0.4) is 0 Å². The first-order chi connectivity index (χ1) is 5.70. The van der Waals surface area contributed by atoms with Crippen molar-refractivity contribution in [1.82, 2.24) is 0 Å². The molecule has 0 heterocycles. The van der Waals surface area contributed by atoms with E-state index in [9.17, 15) is 4.79 Å². The predicted octanol–water partition coefficient (Wildman–Crippen LogP) is -0.897. The molecule has 4 N–H and O–H groups in total. The van der Waals surface area contributed by atoms with Gasteiger partial charge < -0.3 is 20.4 Å². The van der Waals surface area contributed by atoms with E-state index >= 15 is 0 Å². The summed E-state index contributed by atoms with van der Waals surface area (Å²) in [6.07, 6.45) is 0. The number of carboxylic acids is 1. The largest absolute Gasteiger partial charge is 0.480 e. The van der Waals surface area contributed by atoms with Crippen molar-refractivity contribution in [2.45, 2.75) is 13.0 Å². The third-order valence-corrected chi connectivity index (χ3v) is 1.16. The van der Waals surface area contributed by atoms with Crippen LogP contribution in [0, 0.1) is 0 Å². The molecule has 0 rings (SSSR count). The Morgan fingerprint density at radius 1 is 1.46 bits per heavy atom. The van der Waals surface area contributed by atoms with Crippen molar-refractivity contribution in [3.05, 3.63) is 0 Å². The fourth-order valence-electron chi connectivity index (χ4n) is 0.300. The van der Waals surface area contributed by atoms with Crippen molar-refractivity contribution >= 4 is 5.97 Å². The van der Waals surface area contributed by atoms with Crippen molar-refractivity contribution in [1.29, 1.82) is 0 Å². The van der Waals surface area contributed by atoms with Crippen LogP contribution in [0.15, 0.2) is 0 Å². The summed E-state index contributed by atoms with van der Waals surface area (Å²) in [6, 6.07) is -0.731. The van der Waals surface area contributed by atoms with Gasteiger partial charge in [-0.15, -0.1) is 0 Å². The van der Waals surface area contributed by atoms with Crippen molar-refractivity contribution in [2.75, 3.05) is 34.3 Å². The fraction of sp³-hybridized carbons (Fsp3) is 0.875. The highest BCUT2D eigenvalue weighted by Gasteiger charge is 2.02. The molecular formula is C8H21N2O3+. The average Bonchev–Trinajstić information content (AvgIpc) is 1.85. The number of aliphatic hydroxyl groups excluding tert-OH is 1. The summed E-state index contributed by atoms with van der Waals surface area (Å²) in [5, 5.41) is 16.3. The van der Waals surface area contributed by atoms with E-state index in [0.717, 1.165) is 11.0 Å². The molecule has 0 saturated carbocycles. The van der Waals surface area contributed by atoms with E-state index in [4.69, 9.17) is 15.9 Å². The highest BCUT2D eigenvalue weighted by atomic mass is 16.4. The minimum absolute atomic E-state index is 0.281. The number of nitrogens with zero attached hydrogens (tertiary/aromatic N) is 1. The SMILES string of the molecule is CC(N)C(=O)O.C[N+](C)(C)CCO. The molecule has 0 bridgehead atoms. The third kappa shape index (κ3) is 18.4. The second-order valence-electron chi connectivity index (χ2n) is 3.86. The van der Waals surface area contributed by atoms with E-state index in [1.807, 2.05) is 0 Å². The molecule has 5 heteroatoms. The molecule has 5 nitrogen and oxygen atoms in total. The smallest absolute Gasteiger partial charge is 0.320 e. The number of quaternary nitrogens is 1. The number of hydrogen-bond donors (Lipinski definition) is 3. The maximum Gasteiger partial charge on any atom is 0.320 e. The number of likely N-dealkylation sites (N-methyl/N-ethyl adjacent to an activating group) is 1. The Bertz CT molecular complexity index is 141. The minimum atomic E-state index is -0.963. The molecule has 1 unspecified atom stereocenters. The van der Waals surface area contributed by atoms with E-state index in [2.05, 4.69) is 21.1 Å². The Hall–Kier alpha value is -0.650. The fourth-order valence-corrected chi connectivity index (χ4v) is 0.300. The van der Waals surface area contributed by atoms with Crippen LogP contribution >= 0.6 is 0 Å². The second kappa shape index (κ2) is 6.82. The normalized spacial score (nSPS) is 12.8. The number of aliphatic hydroxyl groups is 1. The molecule has 0 spiro atoms. The van der Waals surface area contributed by atoms with Gasteiger partial charge in [-0.05, 0) is 6.92 Å². The summed E-state index contributed by atoms with van der Waals surface area (Å²) in [5.41, 5.74) is 4.84. The van der Waals surface area contributed by atoms with Crippen molar-refractivity contribution in [2.24, 2.45) is 5.73 Å². The van der Waals surface area contributed by atoms with Crippen molar-refractivity contribution in [3.63, 3.8) is 0 Å². The van der Waals surface area contributed by atoms with Crippen LogP contribution in [-0.4, -0.2) is 61.0 Å². The Morgan fingerprint density at radius 2 is 1.77 bits per heavy atom. The molecule has 0 fully saturated rings. The van der Waals surface area contributed by atoms with E-state index in [-0.39, 0.29) is 6.61 Å². The van der Waals surface area contributed by atoms with Gasteiger partial charge in [-0.25, -0.2) is 0 Å². The van der Waals surface area contributed by atoms with Gasteiger partial charge in [0.05, 0.1) is 27.7 Å². The molecule has 0 aliphatic rings. The highest BCUT2D eigenvalue weighted by Crippen LogP contribution is 1.84. The summed E-state index contributed by atoms with van der Waals surface area (Å²) in [4.78, 5) is 9.57. The molecule has 0 amide bonds. The van der Waals surface area contributed by atoms with Gasteiger partial charge in [-0.3, -0.25) is 4.79 Å². The molecule has 80 valence electrons. The molecule has 0 radical (unpaired) electrons. The molecule has 13 heavy (non-hydrogen) atoms. The molecule has 0 saturated heterocycles. The number of hydrogen-bond acceptors (Lipinski definition) is 3. The van der Waals surface area contributed by atoms with Crippen LogP contribution in [0.25, 0.3) is 0 Å². The average molecular weight is 193 g/mol. The number of rotatable bonds is 3. The van der Waals surface area contributed by atoms with Gasteiger partial charge in [0, 0.05) is 0 Å². The number of nitrogens with two attached hydrogens (primary N) is 1. The zero-order valence-corrected chi connectivity index (χ0v) is 8.82. The van der Waals surface area contributed by atoms with Gasteiger partial charge in [0.2, 0.25) is 0 Å². The first kappa shape index (κ1) is 14.9. The maximum absolute atomic E-state index is 9.57. The van der Waals surface area contributed by atoms with Gasteiger partial charge in [-0.1, -0.05) is 0 Å². The van der Waals surface area contributed by atoms with Crippen LogP contribution in [-0.2, 0) is 4.79 Å². The summed E-state index contributed by atoms with van der Waals surface area (Å²) in [5.74, 6) is -0.963. The topological polar surface area (TPSA) is 83.6 Å². The number of carbonyl (C=O) groups is 1. The van der Waals surface area contributed by atoms with Crippen molar-refractivity contribution < 1.29 is 19.5 Å². The summed E-state index contributed by atoms with van der Waals surface area (Å²) in [6.45, 7) is 2.53. The lowest BCUT2D eigenvalue weighted by molar-refractivity contribution is -0.870. The minimum Gasteiger partial charge on any atom is -0.480 e.